The molecule has 0 bridgehead atoms. The van der Waals surface area contributed by atoms with Gasteiger partial charge in [-0.2, -0.15) is 0 Å². The number of carbonyl (C=O) groups excluding carboxylic acids is 1. The largest absolute Gasteiger partial charge is 0.382 e. The van der Waals surface area contributed by atoms with E-state index in [0.29, 0.717) is 39.3 Å². The van der Waals surface area contributed by atoms with Gasteiger partial charge in [0.2, 0.25) is 0 Å². The highest BCUT2D eigenvalue weighted by Crippen LogP contribution is 2.12. The number of nitrogens with zero attached hydrogens (tertiary/aromatic N) is 1. The van der Waals surface area contributed by atoms with Crippen LogP contribution >= 0.6 is 0 Å². The van der Waals surface area contributed by atoms with Crippen LogP contribution in [-0.4, -0.2) is 60.4 Å². The van der Waals surface area contributed by atoms with E-state index >= 15 is 0 Å². The number of hydrogen-bond acceptors (Lipinski definition) is 3. The van der Waals surface area contributed by atoms with Crippen molar-refractivity contribution in [3.8, 4) is 0 Å². The molecule has 6 heteroatoms. The van der Waals surface area contributed by atoms with E-state index in [1.165, 1.54) is 0 Å². The maximum Gasteiger partial charge on any atom is 0.317 e. The van der Waals surface area contributed by atoms with E-state index in [1.54, 1.807) is 4.90 Å². The standard InChI is InChI=1S/C21H27N3O3/c25-19(17-7-3-1-4-8-17)15-23(13-14-24-12-11-22-21(24)27)16-20(26)18-9-5-2-6-10-18/h1-10,19-20,25-26H,11-16H2,(H,22,27)/p+1/t19-,20-/m0/s1. The highest BCUT2D eigenvalue weighted by atomic mass is 16.3. The van der Waals surface area contributed by atoms with Crippen molar-refractivity contribution < 1.29 is 19.9 Å². The third-order valence-corrected chi connectivity index (χ3v) is 5.01. The lowest BCUT2D eigenvalue weighted by atomic mass is 10.1. The zero-order valence-electron chi connectivity index (χ0n) is 15.4. The van der Waals surface area contributed by atoms with Gasteiger partial charge in [0.25, 0.3) is 0 Å². The molecule has 1 fully saturated rings. The van der Waals surface area contributed by atoms with Crippen LogP contribution in [0.25, 0.3) is 0 Å². The Balaban J connectivity index is 1.64. The SMILES string of the molecule is O=C1NCCN1CC[NH+](C[C@H](O)c1ccccc1)C[C@H](O)c1ccccc1. The van der Waals surface area contributed by atoms with Gasteiger partial charge in [-0.1, -0.05) is 60.7 Å². The average molecular weight is 370 g/mol. The molecule has 0 aliphatic carbocycles. The molecule has 27 heavy (non-hydrogen) atoms. The maximum absolute atomic E-state index is 11.8. The molecule has 3 rings (SSSR count). The number of amides is 2. The third-order valence-electron chi connectivity index (χ3n) is 5.01. The first-order chi connectivity index (χ1) is 13.1. The molecule has 4 N–H and O–H groups in total. The second-order valence-corrected chi connectivity index (χ2v) is 6.98. The zero-order valence-corrected chi connectivity index (χ0v) is 15.4. The van der Waals surface area contributed by atoms with Gasteiger partial charge in [0.05, 0.1) is 13.1 Å². The number of hydrogen-bond donors (Lipinski definition) is 4. The summed E-state index contributed by atoms with van der Waals surface area (Å²) >= 11 is 0. The fourth-order valence-electron chi connectivity index (χ4n) is 3.44. The first kappa shape index (κ1) is 19.4. The van der Waals surface area contributed by atoms with Crippen molar-refractivity contribution in [3.05, 3.63) is 71.8 Å². The molecule has 6 nitrogen and oxygen atoms in total. The van der Waals surface area contributed by atoms with E-state index < -0.39 is 12.2 Å². The molecule has 1 aliphatic rings. The minimum atomic E-state index is -0.614. The lowest BCUT2D eigenvalue weighted by molar-refractivity contribution is -0.907. The molecule has 2 amide bonds. The van der Waals surface area contributed by atoms with Gasteiger partial charge in [-0.05, 0) is 11.1 Å². The molecule has 0 radical (unpaired) electrons. The molecule has 0 saturated carbocycles. The third kappa shape index (κ3) is 5.53. The molecule has 1 heterocycles. The summed E-state index contributed by atoms with van der Waals surface area (Å²) in [6.07, 6.45) is -1.23. The Labute approximate surface area is 160 Å². The van der Waals surface area contributed by atoms with Crippen LogP contribution in [0, 0.1) is 0 Å². The molecule has 2 atom stereocenters. The second kappa shape index (κ2) is 9.50. The highest BCUT2D eigenvalue weighted by molar-refractivity contribution is 5.76. The van der Waals surface area contributed by atoms with Gasteiger partial charge in [0.15, 0.2) is 0 Å². The van der Waals surface area contributed by atoms with Crippen LogP contribution in [0.2, 0.25) is 0 Å². The number of nitrogens with one attached hydrogen (secondary N) is 2. The first-order valence-corrected chi connectivity index (χ1v) is 9.46. The normalized spacial score (nSPS) is 16.4. The molecule has 1 saturated heterocycles. The molecule has 144 valence electrons. The Bertz CT molecular complexity index is 664. The monoisotopic (exact) mass is 370 g/mol. The summed E-state index contributed by atoms with van der Waals surface area (Å²) in [5.74, 6) is 0. The van der Waals surface area contributed by atoms with Crippen LogP contribution < -0.4 is 10.2 Å². The number of aliphatic hydroxyl groups is 2. The van der Waals surface area contributed by atoms with Gasteiger partial charge in [0.1, 0.15) is 25.3 Å². The molecule has 2 aromatic carbocycles. The van der Waals surface area contributed by atoms with E-state index in [9.17, 15) is 15.0 Å². The van der Waals surface area contributed by atoms with E-state index in [1.807, 2.05) is 60.7 Å². The number of benzene rings is 2. The zero-order chi connectivity index (χ0) is 19.1. The Hall–Kier alpha value is -2.41. The number of urea groups is 1. The van der Waals surface area contributed by atoms with Gasteiger partial charge in [-0.25, -0.2) is 4.79 Å². The lowest BCUT2D eigenvalue weighted by Crippen LogP contribution is -3.13. The highest BCUT2D eigenvalue weighted by Gasteiger charge is 2.25. The minimum Gasteiger partial charge on any atom is -0.382 e. The average Bonchev–Trinajstić information content (AvgIpc) is 3.12. The van der Waals surface area contributed by atoms with Gasteiger partial charge >= 0.3 is 6.03 Å². The van der Waals surface area contributed by atoms with Gasteiger partial charge in [0, 0.05) is 13.1 Å². The Morgan fingerprint density at radius 3 is 1.89 bits per heavy atom. The van der Waals surface area contributed by atoms with Crippen LogP contribution in [-0.2, 0) is 0 Å². The summed E-state index contributed by atoms with van der Waals surface area (Å²) in [5.41, 5.74) is 1.73. The number of carbonyl (C=O) groups is 1. The molecule has 0 unspecified atom stereocenters. The number of aliphatic hydroxyl groups excluding tert-OH is 2. The Kier molecular flexibility index (Phi) is 6.81. The smallest absolute Gasteiger partial charge is 0.317 e. The van der Waals surface area contributed by atoms with Crippen LogP contribution in [0.5, 0.6) is 0 Å². The molecule has 0 spiro atoms. The van der Waals surface area contributed by atoms with E-state index in [0.717, 1.165) is 16.0 Å². The van der Waals surface area contributed by atoms with Crippen LogP contribution in [0.15, 0.2) is 60.7 Å². The van der Waals surface area contributed by atoms with Crippen molar-refractivity contribution in [1.29, 1.82) is 0 Å². The lowest BCUT2D eigenvalue weighted by Gasteiger charge is -2.26. The fraction of sp³-hybridized carbons (Fsp3) is 0.381. The van der Waals surface area contributed by atoms with Crippen LogP contribution in [0.1, 0.15) is 23.3 Å². The predicted molar refractivity (Wildman–Crippen MR) is 103 cm³/mol. The quantitative estimate of drug-likeness (QED) is 0.515. The fourth-order valence-corrected chi connectivity index (χ4v) is 3.44. The summed E-state index contributed by atoms with van der Waals surface area (Å²) in [6.45, 7) is 3.60. The van der Waals surface area contributed by atoms with Crippen molar-refractivity contribution in [2.45, 2.75) is 12.2 Å². The van der Waals surface area contributed by atoms with E-state index in [4.69, 9.17) is 0 Å². The van der Waals surface area contributed by atoms with Crippen molar-refractivity contribution >= 4 is 6.03 Å². The van der Waals surface area contributed by atoms with Gasteiger partial charge in [-0.3, -0.25) is 0 Å². The minimum absolute atomic E-state index is 0.0402. The van der Waals surface area contributed by atoms with Crippen LogP contribution in [0.4, 0.5) is 4.79 Å². The number of quaternary nitrogens is 1. The summed E-state index contributed by atoms with van der Waals surface area (Å²) in [5, 5.41) is 24.1. The summed E-state index contributed by atoms with van der Waals surface area (Å²) in [7, 11) is 0. The van der Waals surface area contributed by atoms with Gasteiger partial charge < -0.3 is 25.3 Å². The van der Waals surface area contributed by atoms with Crippen molar-refractivity contribution in [1.82, 2.24) is 10.2 Å². The molecule has 2 aromatic rings. The first-order valence-electron chi connectivity index (χ1n) is 9.46. The van der Waals surface area contributed by atoms with Gasteiger partial charge in [-0.15, -0.1) is 0 Å². The topological polar surface area (TPSA) is 77.2 Å². The number of rotatable bonds is 9. The summed E-state index contributed by atoms with van der Waals surface area (Å²) < 4.78 is 0. The Morgan fingerprint density at radius 1 is 0.926 bits per heavy atom. The molecule has 0 aromatic heterocycles. The molecule has 1 aliphatic heterocycles. The van der Waals surface area contributed by atoms with Crippen molar-refractivity contribution in [3.63, 3.8) is 0 Å². The maximum atomic E-state index is 11.8. The molecular formula is C21H28N3O3+. The Morgan fingerprint density at radius 2 is 1.44 bits per heavy atom. The van der Waals surface area contributed by atoms with Crippen molar-refractivity contribution in [2.75, 3.05) is 39.3 Å². The predicted octanol–water partition coefficient (Wildman–Crippen LogP) is 0.364. The summed E-state index contributed by atoms with van der Waals surface area (Å²) in [4.78, 5) is 14.6. The van der Waals surface area contributed by atoms with E-state index in [-0.39, 0.29) is 6.03 Å². The van der Waals surface area contributed by atoms with Crippen LogP contribution in [0.3, 0.4) is 0 Å². The molecular weight excluding hydrogens is 342 g/mol. The second-order valence-electron chi connectivity index (χ2n) is 6.98. The van der Waals surface area contributed by atoms with E-state index in [2.05, 4.69) is 5.32 Å². The summed E-state index contributed by atoms with van der Waals surface area (Å²) in [6, 6.07) is 19.1. The van der Waals surface area contributed by atoms with Crippen molar-refractivity contribution in [2.24, 2.45) is 0 Å².